The average molecular weight is 270 g/mol. The van der Waals surface area contributed by atoms with E-state index in [-0.39, 0.29) is 23.0 Å². The molecule has 0 spiro atoms. The van der Waals surface area contributed by atoms with E-state index in [4.69, 9.17) is 0 Å². The third-order valence-electron chi connectivity index (χ3n) is 3.52. The van der Waals surface area contributed by atoms with E-state index < -0.39 is 0 Å². The lowest BCUT2D eigenvalue weighted by atomic mass is 9.99. The van der Waals surface area contributed by atoms with Gasteiger partial charge in [-0.25, -0.2) is 0 Å². The summed E-state index contributed by atoms with van der Waals surface area (Å²) < 4.78 is 0. The van der Waals surface area contributed by atoms with Crippen molar-refractivity contribution in [2.75, 3.05) is 6.54 Å². The molecule has 5 nitrogen and oxygen atoms in total. The SMILES string of the molecule is O=C(c1ccncc1O)N1CCc2ccc(O)cc2C1. The number of nitrogens with zero attached hydrogens (tertiary/aromatic N) is 2. The second-order valence-electron chi connectivity index (χ2n) is 4.82. The summed E-state index contributed by atoms with van der Waals surface area (Å²) in [7, 11) is 0. The van der Waals surface area contributed by atoms with Crippen LogP contribution in [0, 0.1) is 0 Å². The number of phenolic OH excluding ortho intramolecular Hbond substituents is 1. The minimum absolute atomic E-state index is 0.112. The first-order chi connectivity index (χ1) is 9.65. The highest BCUT2D eigenvalue weighted by molar-refractivity contribution is 5.96. The molecule has 0 saturated carbocycles. The predicted octanol–water partition coefficient (Wildman–Crippen LogP) is 1.69. The molecule has 1 aromatic heterocycles. The number of hydrogen-bond acceptors (Lipinski definition) is 4. The first-order valence-electron chi connectivity index (χ1n) is 6.38. The van der Waals surface area contributed by atoms with Gasteiger partial charge in [0, 0.05) is 19.3 Å². The lowest BCUT2D eigenvalue weighted by molar-refractivity contribution is 0.0731. The van der Waals surface area contributed by atoms with Gasteiger partial charge >= 0.3 is 0 Å². The summed E-state index contributed by atoms with van der Waals surface area (Å²) >= 11 is 0. The van der Waals surface area contributed by atoms with Crippen LogP contribution in [-0.2, 0) is 13.0 Å². The maximum absolute atomic E-state index is 12.4. The minimum atomic E-state index is -0.223. The quantitative estimate of drug-likeness (QED) is 0.827. The fraction of sp³-hybridized carbons (Fsp3) is 0.200. The van der Waals surface area contributed by atoms with E-state index in [0.29, 0.717) is 13.1 Å². The molecule has 1 aliphatic heterocycles. The fourth-order valence-electron chi connectivity index (χ4n) is 2.45. The lowest BCUT2D eigenvalue weighted by Gasteiger charge is -2.29. The Morgan fingerprint density at radius 3 is 2.85 bits per heavy atom. The maximum Gasteiger partial charge on any atom is 0.258 e. The van der Waals surface area contributed by atoms with Gasteiger partial charge in [-0.05, 0) is 35.7 Å². The lowest BCUT2D eigenvalue weighted by Crippen LogP contribution is -2.35. The van der Waals surface area contributed by atoms with Crippen molar-refractivity contribution in [2.45, 2.75) is 13.0 Å². The van der Waals surface area contributed by atoms with Gasteiger partial charge in [0.25, 0.3) is 5.91 Å². The molecule has 5 heteroatoms. The molecule has 0 aliphatic carbocycles. The first kappa shape index (κ1) is 12.5. The largest absolute Gasteiger partial charge is 0.508 e. The van der Waals surface area contributed by atoms with Gasteiger partial charge in [0.2, 0.25) is 0 Å². The highest BCUT2D eigenvalue weighted by Crippen LogP contribution is 2.25. The van der Waals surface area contributed by atoms with Gasteiger partial charge in [0.15, 0.2) is 0 Å². The standard InChI is InChI=1S/C15H14N2O3/c18-12-2-1-10-4-6-17(9-11(10)7-12)15(20)13-3-5-16-8-14(13)19/h1-3,5,7-8,18-19H,4,6,9H2. The number of carbonyl (C=O) groups is 1. The number of aromatic hydroxyl groups is 2. The molecule has 2 N–H and O–H groups in total. The van der Waals surface area contributed by atoms with Gasteiger partial charge in [-0.15, -0.1) is 0 Å². The Bertz CT molecular complexity index is 670. The molecule has 0 fully saturated rings. The van der Waals surface area contributed by atoms with E-state index in [9.17, 15) is 15.0 Å². The molecule has 20 heavy (non-hydrogen) atoms. The van der Waals surface area contributed by atoms with Crippen molar-refractivity contribution in [3.05, 3.63) is 53.3 Å². The van der Waals surface area contributed by atoms with E-state index >= 15 is 0 Å². The van der Waals surface area contributed by atoms with Crippen LogP contribution in [0.15, 0.2) is 36.7 Å². The predicted molar refractivity (Wildman–Crippen MR) is 72.5 cm³/mol. The van der Waals surface area contributed by atoms with E-state index in [1.807, 2.05) is 6.07 Å². The first-order valence-corrected chi connectivity index (χ1v) is 6.38. The molecular formula is C15H14N2O3. The third-order valence-corrected chi connectivity index (χ3v) is 3.52. The van der Waals surface area contributed by atoms with Gasteiger partial charge < -0.3 is 15.1 Å². The van der Waals surface area contributed by atoms with Gasteiger partial charge in [-0.3, -0.25) is 9.78 Å². The summed E-state index contributed by atoms with van der Waals surface area (Å²) in [6, 6.07) is 6.73. The van der Waals surface area contributed by atoms with E-state index in [1.54, 1.807) is 17.0 Å². The molecule has 0 saturated heterocycles. The number of hydrogen-bond donors (Lipinski definition) is 2. The molecule has 1 aliphatic rings. The van der Waals surface area contributed by atoms with Gasteiger partial charge in [0.1, 0.15) is 11.5 Å². The Hall–Kier alpha value is -2.56. The summed E-state index contributed by atoms with van der Waals surface area (Å²) in [6.45, 7) is 1.03. The zero-order valence-corrected chi connectivity index (χ0v) is 10.8. The van der Waals surface area contributed by atoms with Crippen LogP contribution in [0.1, 0.15) is 21.5 Å². The molecule has 0 bridgehead atoms. The Balaban J connectivity index is 1.87. The second-order valence-corrected chi connectivity index (χ2v) is 4.82. The van der Waals surface area contributed by atoms with Crippen molar-refractivity contribution in [1.29, 1.82) is 0 Å². The van der Waals surface area contributed by atoms with Crippen molar-refractivity contribution in [3.8, 4) is 11.5 Å². The number of phenols is 1. The van der Waals surface area contributed by atoms with Crippen molar-refractivity contribution in [2.24, 2.45) is 0 Å². The zero-order chi connectivity index (χ0) is 14.1. The Kier molecular flexibility index (Phi) is 3.02. The number of aromatic nitrogens is 1. The van der Waals surface area contributed by atoms with Crippen molar-refractivity contribution >= 4 is 5.91 Å². The maximum atomic E-state index is 12.4. The summed E-state index contributed by atoms with van der Waals surface area (Å²) in [5.41, 5.74) is 2.34. The molecule has 0 radical (unpaired) electrons. The highest BCUT2D eigenvalue weighted by Gasteiger charge is 2.23. The van der Waals surface area contributed by atoms with Crippen LogP contribution in [0.5, 0.6) is 11.5 Å². The van der Waals surface area contributed by atoms with Gasteiger partial charge in [0.05, 0.1) is 11.8 Å². The van der Waals surface area contributed by atoms with Gasteiger partial charge in [-0.2, -0.15) is 0 Å². The number of rotatable bonds is 1. The Morgan fingerprint density at radius 2 is 2.05 bits per heavy atom. The average Bonchev–Trinajstić information content (AvgIpc) is 2.46. The third kappa shape index (κ3) is 2.18. The normalized spacial score (nSPS) is 13.9. The van der Waals surface area contributed by atoms with Crippen LogP contribution in [0.2, 0.25) is 0 Å². The Labute approximate surface area is 116 Å². The van der Waals surface area contributed by atoms with Crippen LogP contribution in [0.3, 0.4) is 0 Å². The molecule has 1 amide bonds. The topological polar surface area (TPSA) is 73.7 Å². The molecule has 102 valence electrons. The van der Waals surface area contributed by atoms with Crippen molar-refractivity contribution < 1.29 is 15.0 Å². The van der Waals surface area contributed by atoms with Crippen molar-refractivity contribution in [3.63, 3.8) is 0 Å². The zero-order valence-electron chi connectivity index (χ0n) is 10.8. The number of benzene rings is 1. The number of carbonyl (C=O) groups excluding carboxylic acids is 1. The number of pyridine rings is 1. The Morgan fingerprint density at radius 1 is 1.20 bits per heavy atom. The smallest absolute Gasteiger partial charge is 0.258 e. The summed E-state index contributed by atoms with van der Waals surface area (Å²) in [4.78, 5) is 17.8. The fourth-order valence-corrected chi connectivity index (χ4v) is 2.45. The molecule has 1 aromatic carbocycles. The summed E-state index contributed by atoms with van der Waals surface area (Å²) in [5, 5.41) is 19.2. The van der Waals surface area contributed by atoms with Gasteiger partial charge in [-0.1, -0.05) is 6.07 Å². The monoisotopic (exact) mass is 270 g/mol. The van der Waals surface area contributed by atoms with Crippen LogP contribution < -0.4 is 0 Å². The highest BCUT2D eigenvalue weighted by atomic mass is 16.3. The van der Waals surface area contributed by atoms with Crippen LogP contribution in [0.25, 0.3) is 0 Å². The molecule has 2 aromatic rings. The molecule has 3 rings (SSSR count). The molecule has 0 atom stereocenters. The molecular weight excluding hydrogens is 256 g/mol. The van der Waals surface area contributed by atoms with E-state index in [1.165, 1.54) is 18.5 Å². The van der Waals surface area contributed by atoms with E-state index in [2.05, 4.69) is 4.98 Å². The molecule has 0 unspecified atom stereocenters. The van der Waals surface area contributed by atoms with Crippen LogP contribution >= 0.6 is 0 Å². The van der Waals surface area contributed by atoms with Crippen molar-refractivity contribution in [1.82, 2.24) is 9.88 Å². The summed E-state index contributed by atoms with van der Waals surface area (Å²) in [5.74, 6) is -0.136. The van der Waals surface area contributed by atoms with Crippen LogP contribution in [-0.4, -0.2) is 32.5 Å². The number of amides is 1. The van der Waals surface area contributed by atoms with Crippen LogP contribution in [0.4, 0.5) is 0 Å². The van der Waals surface area contributed by atoms with E-state index in [0.717, 1.165) is 17.5 Å². The molecule has 2 heterocycles. The minimum Gasteiger partial charge on any atom is -0.508 e. The second kappa shape index (κ2) is 4.85. The summed E-state index contributed by atoms with van der Waals surface area (Å²) in [6.07, 6.45) is 3.49. The number of fused-ring (bicyclic) bond motifs is 1.